The molecule has 7 heteroatoms. The lowest BCUT2D eigenvalue weighted by Gasteiger charge is -2.35. The molecular formula is C20H23N3O4. The van der Waals surface area contributed by atoms with Crippen LogP contribution in [-0.2, 0) is 4.79 Å². The number of amides is 3. The highest BCUT2D eigenvalue weighted by atomic mass is 16.3. The zero-order valence-corrected chi connectivity index (χ0v) is 15.5. The van der Waals surface area contributed by atoms with Gasteiger partial charge in [-0.25, -0.2) is 0 Å². The molecule has 1 aliphatic rings. The lowest BCUT2D eigenvalue weighted by molar-refractivity contribution is -0.134. The third-order valence-corrected chi connectivity index (χ3v) is 4.61. The number of carbonyl (C=O) groups is 3. The van der Waals surface area contributed by atoms with Gasteiger partial charge in [-0.05, 0) is 38.1 Å². The molecule has 7 nitrogen and oxygen atoms in total. The van der Waals surface area contributed by atoms with Gasteiger partial charge < -0.3 is 19.5 Å². The van der Waals surface area contributed by atoms with Crippen LogP contribution in [0, 0.1) is 6.92 Å². The van der Waals surface area contributed by atoms with Crippen molar-refractivity contribution >= 4 is 17.7 Å². The highest BCUT2D eigenvalue weighted by molar-refractivity contribution is 5.97. The van der Waals surface area contributed by atoms with Crippen molar-refractivity contribution in [2.75, 3.05) is 26.2 Å². The summed E-state index contributed by atoms with van der Waals surface area (Å²) in [6, 6.07) is 9.89. The van der Waals surface area contributed by atoms with E-state index < -0.39 is 6.04 Å². The largest absolute Gasteiger partial charge is 0.459 e. The van der Waals surface area contributed by atoms with Gasteiger partial charge in [0.1, 0.15) is 6.04 Å². The van der Waals surface area contributed by atoms with Crippen LogP contribution in [0.2, 0.25) is 0 Å². The van der Waals surface area contributed by atoms with Crippen LogP contribution in [0.4, 0.5) is 0 Å². The Morgan fingerprint density at radius 2 is 1.74 bits per heavy atom. The minimum absolute atomic E-state index is 0.152. The van der Waals surface area contributed by atoms with Crippen LogP contribution in [0.5, 0.6) is 0 Å². The summed E-state index contributed by atoms with van der Waals surface area (Å²) in [5, 5.41) is 2.75. The number of rotatable bonds is 4. The highest BCUT2D eigenvalue weighted by Gasteiger charge is 2.28. The summed E-state index contributed by atoms with van der Waals surface area (Å²) in [5.74, 6) is -0.297. The van der Waals surface area contributed by atoms with Crippen molar-refractivity contribution in [1.29, 1.82) is 0 Å². The number of furan rings is 1. The summed E-state index contributed by atoms with van der Waals surface area (Å²) in [6.07, 6.45) is 1.46. The topological polar surface area (TPSA) is 82.9 Å². The highest BCUT2D eigenvalue weighted by Crippen LogP contribution is 2.11. The zero-order chi connectivity index (χ0) is 19.4. The fraction of sp³-hybridized carbons (Fsp3) is 0.350. The van der Waals surface area contributed by atoms with Gasteiger partial charge in [0.15, 0.2) is 5.76 Å². The van der Waals surface area contributed by atoms with Crippen molar-refractivity contribution in [3.63, 3.8) is 0 Å². The predicted octanol–water partition coefficient (Wildman–Crippen LogP) is 1.69. The maximum Gasteiger partial charge on any atom is 0.289 e. The minimum atomic E-state index is -0.634. The first-order valence-corrected chi connectivity index (χ1v) is 8.95. The first-order chi connectivity index (χ1) is 13.0. The molecule has 1 atom stereocenters. The van der Waals surface area contributed by atoms with E-state index in [4.69, 9.17) is 4.42 Å². The number of hydrogen-bond acceptors (Lipinski definition) is 4. The van der Waals surface area contributed by atoms with Crippen molar-refractivity contribution in [2.24, 2.45) is 0 Å². The van der Waals surface area contributed by atoms with Crippen LogP contribution in [0.1, 0.15) is 33.4 Å². The molecule has 0 bridgehead atoms. The number of aryl methyl sites for hydroxylation is 1. The number of nitrogens with zero attached hydrogens (tertiary/aromatic N) is 2. The van der Waals surface area contributed by atoms with Crippen LogP contribution in [0.3, 0.4) is 0 Å². The van der Waals surface area contributed by atoms with Crippen molar-refractivity contribution in [1.82, 2.24) is 15.1 Å². The number of piperazine rings is 1. The molecular weight excluding hydrogens is 346 g/mol. The van der Waals surface area contributed by atoms with Crippen LogP contribution in [0.25, 0.3) is 0 Å². The second-order valence-electron chi connectivity index (χ2n) is 6.66. The minimum Gasteiger partial charge on any atom is -0.459 e. The molecule has 1 aliphatic heterocycles. The number of carbonyl (C=O) groups excluding carboxylic acids is 3. The molecule has 2 aromatic rings. The first-order valence-electron chi connectivity index (χ1n) is 8.95. The fourth-order valence-electron chi connectivity index (χ4n) is 3.09. The van der Waals surface area contributed by atoms with E-state index in [1.165, 1.54) is 6.26 Å². The van der Waals surface area contributed by atoms with Crippen LogP contribution in [-0.4, -0.2) is 59.7 Å². The normalized spacial score (nSPS) is 15.3. The smallest absolute Gasteiger partial charge is 0.289 e. The van der Waals surface area contributed by atoms with Gasteiger partial charge in [-0.15, -0.1) is 0 Å². The molecule has 3 rings (SSSR count). The van der Waals surface area contributed by atoms with Crippen molar-refractivity contribution in [3.8, 4) is 0 Å². The molecule has 1 saturated heterocycles. The maximum absolute atomic E-state index is 12.6. The summed E-state index contributed by atoms with van der Waals surface area (Å²) >= 11 is 0. The third-order valence-electron chi connectivity index (χ3n) is 4.61. The zero-order valence-electron chi connectivity index (χ0n) is 15.5. The average Bonchev–Trinajstić information content (AvgIpc) is 3.21. The van der Waals surface area contributed by atoms with Gasteiger partial charge in [0, 0.05) is 31.7 Å². The summed E-state index contributed by atoms with van der Waals surface area (Å²) in [4.78, 5) is 40.6. The van der Waals surface area contributed by atoms with E-state index in [0.29, 0.717) is 37.5 Å². The summed E-state index contributed by atoms with van der Waals surface area (Å²) in [6.45, 7) is 5.31. The molecule has 1 aromatic carbocycles. The second kappa shape index (κ2) is 8.07. The molecule has 1 unspecified atom stereocenters. The molecule has 1 aromatic heterocycles. The molecule has 0 aliphatic carbocycles. The fourth-order valence-corrected chi connectivity index (χ4v) is 3.09. The standard InChI is InChI=1S/C20H23N3O4/c1-14-5-3-6-16(13-14)18(24)21-15(2)19(25)22-8-10-23(11-9-22)20(26)17-7-4-12-27-17/h3-7,12-13,15H,8-11H2,1-2H3,(H,21,24). The van der Waals surface area contributed by atoms with Crippen molar-refractivity contribution in [2.45, 2.75) is 19.9 Å². The molecule has 0 spiro atoms. The summed E-state index contributed by atoms with van der Waals surface area (Å²) in [5.41, 5.74) is 1.52. The van der Waals surface area contributed by atoms with Crippen LogP contribution in [0.15, 0.2) is 47.1 Å². The Morgan fingerprint density at radius 3 is 2.37 bits per heavy atom. The summed E-state index contributed by atoms with van der Waals surface area (Å²) < 4.78 is 5.14. The van der Waals surface area contributed by atoms with E-state index in [1.54, 1.807) is 41.0 Å². The van der Waals surface area contributed by atoms with Gasteiger partial charge in [0.05, 0.1) is 6.26 Å². The predicted molar refractivity (Wildman–Crippen MR) is 99.3 cm³/mol. The Labute approximate surface area is 157 Å². The maximum atomic E-state index is 12.6. The van der Waals surface area contributed by atoms with Gasteiger partial charge >= 0.3 is 0 Å². The van der Waals surface area contributed by atoms with E-state index in [9.17, 15) is 14.4 Å². The molecule has 0 saturated carbocycles. The van der Waals surface area contributed by atoms with Crippen molar-refractivity contribution in [3.05, 3.63) is 59.5 Å². The Bertz CT molecular complexity index is 824. The number of nitrogens with one attached hydrogen (secondary N) is 1. The first kappa shape index (κ1) is 18.7. The Balaban J connectivity index is 1.52. The molecule has 142 valence electrons. The van der Waals surface area contributed by atoms with Crippen LogP contribution < -0.4 is 5.32 Å². The number of benzene rings is 1. The lowest BCUT2D eigenvalue weighted by Crippen LogP contribution is -2.55. The summed E-state index contributed by atoms with van der Waals surface area (Å²) in [7, 11) is 0. The number of hydrogen-bond donors (Lipinski definition) is 1. The molecule has 2 heterocycles. The van der Waals surface area contributed by atoms with E-state index >= 15 is 0 Å². The SMILES string of the molecule is Cc1cccc(C(=O)NC(C)C(=O)N2CCN(C(=O)c3ccco3)CC2)c1. The Hall–Kier alpha value is -3.09. The van der Waals surface area contributed by atoms with Gasteiger partial charge in [-0.3, -0.25) is 14.4 Å². The van der Waals surface area contributed by atoms with Crippen molar-refractivity contribution < 1.29 is 18.8 Å². The van der Waals surface area contributed by atoms with Gasteiger partial charge in [0.25, 0.3) is 11.8 Å². The second-order valence-corrected chi connectivity index (χ2v) is 6.66. The molecule has 0 radical (unpaired) electrons. The van der Waals surface area contributed by atoms with E-state index in [2.05, 4.69) is 5.32 Å². The van der Waals surface area contributed by atoms with Gasteiger partial charge in [-0.2, -0.15) is 0 Å². The van der Waals surface area contributed by atoms with E-state index in [-0.39, 0.29) is 17.7 Å². The average molecular weight is 369 g/mol. The van der Waals surface area contributed by atoms with Gasteiger partial charge in [0.2, 0.25) is 5.91 Å². The Kier molecular flexibility index (Phi) is 5.59. The molecule has 1 N–H and O–H groups in total. The quantitative estimate of drug-likeness (QED) is 0.889. The monoisotopic (exact) mass is 369 g/mol. The molecule has 27 heavy (non-hydrogen) atoms. The molecule has 1 fully saturated rings. The van der Waals surface area contributed by atoms with E-state index in [1.807, 2.05) is 19.1 Å². The van der Waals surface area contributed by atoms with Crippen LogP contribution >= 0.6 is 0 Å². The third kappa shape index (κ3) is 4.36. The molecule has 3 amide bonds. The van der Waals surface area contributed by atoms with Gasteiger partial charge in [-0.1, -0.05) is 17.7 Å². The van der Waals surface area contributed by atoms with E-state index in [0.717, 1.165) is 5.56 Å². The lowest BCUT2D eigenvalue weighted by atomic mass is 10.1. The Morgan fingerprint density at radius 1 is 1.04 bits per heavy atom.